The number of carbonyl (C=O) groups excluding carboxylic acids is 2. The molecule has 29 heavy (non-hydrogen) atoms. The first-order valence-electron chi connectivity index (χ1n) is 10.7. The topological polar surface area (TPSA) is 95.2 Å². The Morgan fingerprint density at radius 3 is 2.66 bits per heavy atom. The molecule has 0 unspecified atom stereocenters. The standard InChI is InChI=1S/C22H28N4O3/c27-20-12-11-15(14-26(20)16-7-3-1-2-4-8-16)21(28)23-13-19-24-18-10-6-5-9-17(18)22(29)25-19/h5-6,9-10,15-16H,1-4,7-8,11-14H2,(H,23,28)(H,24,25,29)/t15-/m1/s1. The predicted octanol–water partition coefficient (Wildman–Crippen LogP) is 2.50. The van der Waals surface area contributed by atoms with E-state index in [1.54, 1.807) is 18.2 Å². The first-order chi connectivity index (χ1) is 14.1. The van der Waals surface area contributed by atoms with Crippen LogP contribution in [0.5, 0.6) is 0 Å². The van der Waals surface area contributed by atoms with Crippen molar-refractivity contribution in [3.8, 4) is 0 Å². The summed E-state index contributed by atoms with van der Waals surface area (Å²) in [6.45, 7) is 0.670. The molecule has 0 spiro atoms. The molecule has 2 fully saturated rings. The molecule has 2 heterocycles. The Hall–Kier alpha value is -2.70. The maximum absolute atomic E-state index is 12.8. The fourth-order valence-electron chi connectivity index (χ4n) is 4.54. The second-order valence-corrected chi connectivity index (χ2v) is 8.17. The van der Waals surface area contributed by atoms with Crippen LogP contribution in [-0.2, 0) is 16.1 Å². The van der Waals surface area contributed by atoms with Gasteiger partial charge in [0.1, 0.15) is 5.82 Å². The van der Waals surface area contributed by atoms with Crippen LogP contribution in [0.15, 0.2) is 29.1 Å². The van der Waals surface area contributed by atoms with E-state index >= 15 is 0 Å². The molecule has 1 aliphatic heterocycles. The van der Waals surface area contributed by atoms with E-state index in [2.05, 4.69) is 15.3 Å². The average molecular weight is 396 g/mol. The normalized spacial score (nSPS) is 21.2. The lowest BCUT2D eigenvalue weighted by Crippen LogP contribution is -2.49. The van der Waals surface area contributed by atoms with Crippen molar-refractivity contribution in [1.29, 1.82) is 0 Å². The number of rotatable bonds is 4. The quantitative estimate of drug-likeness (QED) is 0.776. The molecule has 154 valence electrons. The number of likely N-dealkylation sites (tertiary alicyclic amines) is 1. The van der Waals surface area contributed by atoms with E-state index in [-0.39, 0.29) is 35.9 Å². The first kappa shape index (κ1) is 19.6. The molecule has 1 saturated heterocycles. The van der Waals surface area contributed by atoms with E-state index in [0.29, 0.717) is 36.1 Å². The number of hydrogen-bond donors (Lipinski definition) is 2. The van der Waals surface area contributed by atoms with Crippen LogP contribution in [0.25, 0.3) is 10.9 Å². The van der Waals surface area contributed by atoms with Crippen molar-refractivity contribution in [2.24, 2.45) is 5.92 Å². The Morgan fingerprint density at radius 1 is 1.10 bits per heavy atom. The first-order valence-corrected chi connectivity index (χ1v) is 10.7. The van der Waals surface area contributed by atoms with Crippen molar-refractivity contribution >= 4 is 22.7 Å². The summed E-state index contributed by atoms with van der Waals surface area (Å²) in [5.74, 6) is 0.339. The van der Waals surface area contributed by atoms with Gasteiger partial charge in [-0.15, -0.1) is 0 Å². The van der Waals surface area contributed by atoms with Crippen molar-refractivity contribution in [2.75, 3.05) is 6.54 Å². The second-order valence-electron chi connectivity index (χ2n) is 8.17. The summed E-state index contributed by atoms with van der Waals surface area (Å²) in [5.41, 5.74) is 0.408. The highest BCUT2D eigenvalue weighted by atomic mass is 16.2. The number of nitrogens with zero attached hydrogens (tertiary/aromatic N) is 2. The molecule has 2 aromatic rings. The Morgan fingerprint density at radius 2 is 1.86 bits per heavy atom. The highest BCUT2D eigenvalue weighted by molar-refractivity contribution is 5.84. The van der Waals surface area contributed by atoms with Crippen LogP contribution in [-0.4, -0.2) is 39.3 Å². The zero-order valence-corrected chi connectivity index (χ0v) is 16.7. The van der Waals surface area contributed by atoms with Crippen molar-refractivity contribution in [3.05, 3.63) is 40.4 Å². The molecule has 1 aromatic heterocycles. The van der Waals surface area contributed by atoms with Gasteiger partial charge in [-0.3, -0.25) is 14.4 Å². The second kappa shape index (κ2) is 8.76. The van der Waals surface area contributed by atoms with Crippen molar-refractivity contribution in [2.45, 2.75) is 64.0 Å². The van der Waals surface area contributed by atoms with Gasteiger partial charge < -0.3 is 15.2 Å². The van der Waals surface area contributed by atoms with Gasteiger partial charge in [0, 0.05) is 19.0 Å². The summed E-state index contributed by atoms with van der Waals surface area (Å²) in [5, 5.41) is 3.44. The SMILES string of the molecule is O=C(NCc1nc2ccccc2c(=O)[nH]1)[C@@H]1CCC(=O)N(C2CCCCCC2)C1. The Kier molecular flexibility index (Phi) is 5.92. The Balaban J connectivity index is 1.39. The Labute approximate surface area is 169 Å². The summed E-state index contributed by atoms with van der Waals surface area (Å²) in [4.78, 5) is 46.5. The minimum Gasteiger partial charge on any atom is -0.349 e. The summed E-state index contributed by atoms with van der Waals surface area (Å²) in [7, 11) is 0. The Bertz CT molecular complexity index is 946. The smallest absolute Gasteiger partial charge is 0.258 e. The highest BCUT2D eigenvalue weighted by Gasteiger charge is 2.34. The molecule has 7 heteroatoms. The molecule has 2 aliphatic rings. The fourth-order valence-corrected chi connectivity index (χ4v) is 4.54. The van der Waals surface area contributed by atoms with Crippen LogP contribution in [0.2, 0.25) is 0 Å². The molecule has 1 atom stereocenters. The molecule has 0 radical (unpaired) electrons. The molecule has 1 aromatic carbocycles. The minimum absolute atomic E-state index is 0.0769. The maximum Gasteiger partial charge on any atom is 0.258 e. The van der Waals surface area contributed by atoms with Gasteiger partial charge in [0.25, 0.3) is 5.56 Å². The summed E-state index contributed by atoms with van der Waals surface area (Å²) in [6.07, 6.45) is 7.89. The van der Waals surface area contributed by atoms with Crippen molar-refractivity contribution in [3.63, 3.8) is 0 Å². The maximum atomic E-state index is 12.8. The van der Waals surface area contributed by atoms with Crippen LogP contribution in [0, 0.1) is 5.92 Å². The zero-order chi connectivity index (χ0) is 20.2. The number of H-pyrrole nitrogens is 1. The number of carbonyl (C=O) groups is 2. The van der Waals surface area contributed by atoms with Crippen molar-refractivity contribution < 1.29 is 9.59 Å². The lowest BCUT2D eigenvalue weighted by Gasteiger charge is -2.37. The largest absolute Gasteiger partial charge is 0.349 e. The third-order valence-corrected chi connectivity index (χ3v) is 6.17. The predicted molar refractivity (Wildman–Crippen MR) is 110 cm³/mol. The van der Waals surface area contributed by atoms with Gasteiger partial charge in [-0.2, -0.15) is 0 Å². The molecular formula is C22H28N4O3. The molecule has 4 rings (SSSR count). The molecule has 2 amide bonds. The number of aromatic nitrogens is 2. The van der Waals surface area contributed by atoms with Gasteiger partial charge in [-0.25, -0.2) is 4.98 Å². The number of nitrogens with one attached hydrogen (secondary N) is 2. The third kappa shape index (κ3) is 4.49. The van der Waals surface area contributed by atoms with Gasteiger partial charge in [0.2, 0.25) is 11.8 Å². The third-order valence-electron chi connectivity index (χ3n) is 6.17. The van der Waals surface area contributed by atoms with Gasteiger partial charge >= 0.3 is 0 Å². The molecule has 1 saturated carbocycles. The van der Waals surface area contributed by atoms with Gasteiger partial charge in [0.05, 0.1) is 23.4 Å². The number of fused-ring (bicyclic) bond motifs is 1. The van der Waals surface area contributed by atoms with Crippen LogP contribution in [0.1, 0.15) is 57.2 Å². The number of benzene rings is 1. The van der Waals surface area contributed by atoms with Crippen LogP contribution < -0.4 is 10.9 Å². The molecular weight excluding hydrogens is 368 g/mol. The van der Waals surface area contributed by atoms with Gasteiger partial charge in [-0.1, -0.05) is 37.8 Å². The summed E-state index contributed by atoms with van der Waals surface area (Å²) in [6, 6.07) is 7.42. The lowest BCUT2D eigenvalue weighted by atomic mass is 9.93. The van der Waals surface area contributed by atoms with Crippen LogP contribution in [0.3, 0.4) is 0 Å². The minimum atomic E-state index is -0.206. The number of aromatic amines is 1. The van der Waals surface area contributed by atoms with Crippen LogP contribution in [0.4, 0.5) is 0 Å². The molecule has 2 N–H and O–H groups in total. The number of amides is 2. The van der Waals surface area contributed by atoms with Crippen LogP contribution >= 0.6 is 0 Å². The summed E-state index contributed by atoms with van der Waals surface area (Å²) >= 11 is 0. The number of piperidine rings is 1. The van der Waals surface area contributed by atoms with E-state index in [4.69, 9.17) is 0 Å². The van der Waals surface area contributed by atoms with E-state index in [0.717, 1.165) is 25.7 Å². The fraction of sp³-hybridized carbons (Fsp3) is 0.545. The lowest BCUT2D eigenvalue weighted by molar-refractivity contribution is -0.141. The van der Waals surface area contributed by atoms with Gasteiger partial charge in [0.15, 0.2) is 0 Å². The van der Waals surface area contributed by atoms with E-state index in [1.165, 1.54) is 12.8 Å². The van der Waals surface area contributed by atoms with Gasteiger partial charge in [-0.05, 0) is 31.4 Å². The summed E-state index contributed by atoms with van der Waals surface area (Å²) < 4.78 is 0. The molecule has 1 aliphatic carbocycles. The number of hydrogen-bond acceptors (Lipinski definition) is 4. The van der Waals surface area contributed by atoms with Crippen molar-refractivity contribution in [1.82, 2.24) is 20.2 Å². The molecule has 7 nitrogen and oxygen atoms in total. The zero-order valence-electron chi connectivity index (χ0n) is 16.7. The van der Waals surface area contributed by atoms with E-state index in [9.17, 15) is 14.4 Å². The number of para-hydroxylation sites is 1. The average Bonchev–Trinajstić information content (AvgIpc) is 3.02. The molecule has 0 bridgehead atoms. The van der Waals surface area contributed by atoms with E-state index < -0.39 is 0 Å². The highest BCUT2D eigenvalue weighted by Crippen LogP contribution is 2.27. The monoisotopic (exact) mass is 396 g/mol. The van der Waals surface area contributed by atoms with E-state index in [1.807, 2.05) is 11.0 Å².